The van der Waals surface area contributed by atoms with Crippen molar-refractivity contribution in [1.82, 2.24) is 0 Å². The molecule has 0 saturated heterocycles. The third kappa shape index (κ3) is 4.70. The molecule has 0 aliphatic rings. The van der Waals surface area contributed by atoms with Crippen LogP contribution in [-0.4, -0.2) is 8.76 Å². The lowest BCUT2D eigenvalue weighted by atomic mass is 10.1. The fourth-order valence-electron chi connectivity index (χ4n) is 1.88. The summed E-state index contributed by atoms with van der Waals surface area (Å²) in [6, 6.07) is 23.0. The maximum Gasteiger partial charge on any atom is 0.147 e. The van der Waals surface area contributed by atoms with Gasteiger partial charge in [-0.05, 0) is 18.4 Å². The maximum atomic E-state index is 10.4. The molecule has 0 spiro atoms. The van der Waals surface area contributed by atoms with Gasteiger partial charge in [-0.25, -0.2) is 4.21 Å². The van der Waals surface area contributed by atoms with Gasteiger partial charge in [0.05, 0.1) is 0 Å². The number of benzene rings is 3. The van der Waals surface area contributed by atoms with Crippen LogP contribution in [-0.2, 0) is 11.4 Å². The Labute approximate surface area is 126 Å². The zero-order valence-electron chi connectivity index (χ0n) is 11.6. The smallest absolute Gasteiger partial charge is 0.147 e. The number of hydrogen-bond donors (Lipinski definition) is 0. The zero-order chi connectivity index (χ0) is 15.1. The van der Waals surface area contributed by atoms with Crippen molar-refractivity contribution in [2.24, 2.45) is 0 Å². The summed E-state index contributed by atoms with van der Waals surface area (Å²) in [5.41, 5.74) is 1.32. The van der Waals surface area contributed by atoms with Crippen LogP contribution >= 0.6 is 0 Å². The molecule has 21 heavy (non-hydrogen) atoms. The van der Waals surface area contributed by atoms with E-state index >= 15 is 0 Å². The molecule has 0 aliphatic carbocycles. The van der Waals surface area contributed by atoms with Crippen LogP contribution in [0.2, 0.25) is 0 Å². The number of hydrogen-bond acceptors (Lipinski definition) is 3. The summed E-state index contributed by atoms with van der Waals surface area (Å²) in [7, 11) is 0. The molecule has 0 N–H and O–H groups in total. The minimum Gasteiger partial charge on any atom is -0.740 e. The molecule has 0 amide bonds. The van der Waals surface area contributed by atoms with E-state index in [0.29, 0.717) is 5.75 Å². The molecule has 0 radical (unpaired) electrons. The van der Waals surface area contributed by atoms with Crippen LogP contribution in [0.25, 0.3) is 10.8 Å². The molecule has 0 bridgehead atoms. The van der Waals surface area contributed by atoms with E-state index in [1.807, 2.05) is 48.5 Å². The quantitative estimate of drug-likeness (QED) is 0.672. The Hall–Kier alpha value is -2.17. The second-order valence-corrected chi connectivity index (χ2v) is 4.99. The first-order chi connectivity index (χ1) is 10.2. The van der Waals surface area contributed by atoms with Gasteiger partial charge in [0.2, 0.25) is 0 Å². The largest absolute Gasteiger partial charge is 0.740 e. The Balaban J connectivity index is 0.000000194. The lowest BCUT2D eigenvalue weighted by molar-refractivity contribution is 0.442. The fourth-order valence-corrected chi connectivity index (χ4v) is 2.17. The summed E-state index contributed by atoms with van der Waals surface area (Å²) >= 11 is -2.52. The van der Waals surface area contributed by atoms with Crippen LogP contribution in [0, 0.1) is 6.92 Å². The number of rotatable bonds is 2. The number of aryl methyl sites for hydroxylation is 1. The van der Waals surface area contributed by atoms with Crippen molar-refractivity contribution in [3.8, 4) is 5.75 Å². The Morgan fingerprint density at radius 1 is 0.857 bits per heavy atom. The molecule has 108 valence electrons. The second kappa shape index (κ2) is 7.57. The van der Waals surface area contributed by atoms with Crippen molar-refractivity contribution in [2.75, 3.05) is 0 Å². The lowest BCUT2D eigenvalue weighted by Crippen LogP contribution is -1.98. The van der Waals surface area contributed by atoms with Gasteiger partial charge in [0.15, 0.2) is 0 Å². The van der Waals surface area contributed by atoms with Crippen LogP contribution in [0.15, 0.2) is 72.8 Å². The van der Waals surface area contributed by atoms with Crippen molar-refractivity contribution >= 4 is 22.1 Å². The van der Waals surface area contributed by atoms with Crippen LogP contribution in [0.3, 0.4) is 0 Å². The standard InChI is InChI=1S/C10H8O3S.C7H8/c11-14(12)13-10-7-3-5-8-4-1-2-6-9(8)10;1-7-5-3-2-4-6-7/h1-7H,(H,11,12);2-6H,1H3/p-1. The first-order valence-corrected chi connectivity index (χ1v) is 7.44. The normalized spacial score (nSPS) is 11.3. The van der Waals surface area contributed by atoms with Crippen molar-refractivity contribution in [1.29, 1.82) is 0 Å². The molecule has 0 saturated carbocycles. The Morgan fingerprint density at radius 3 is 2.10 bits per heavy atom. The highest BCUT2D eigenvalue weighted by molar-refractivity contribution is 7.74. The highest BCUT2D eigenvalue weighted by Gasteiger charge is 2.00. The Bertz CT molecular complexity index is 721. The van der Waals surface area contributed by atoms with Gasteiger partial charge < -0.3 is 8.74 Å². The zero-order valence-corrected chi connectivity index (χ0v) is 12.4. The van der Waals surface area contributed by atoms with E-state index in [2.05, 4.69) is 23.2 Å². The average Bonchev–Trinajstić information content (AvgIpc) is 2.49. The van der Waals surface area contributed by atoms with Crippen LogP contribution in [0.1, 0.15) is 5.56 Å². The molecule has 1 unspecified atom stereocenters. The average molecular weight is 299 g/mol. The topological polar surface area (TPSA) is 49.4 Å². The monoisotopic (exact) mass is 299 g/mol. The summed E-state index contributed by atoms with van der Waals surface area (Å²) in [4.78, 5) is 0. The lowest BCUT2D eigenvalue weighted by Gasteiger charge is -2.09. The van der Waals surface area contributed by atoms with Crippen molar-refractivity contribution in [3.63, 3.8) is 0 Å². The van der Waals surface area contributed by atoms with Crippen molar-refractivity contribution < 1.29 is 12.9 Å². The molecule has 3 nitrogen and oxygen atoms in total. The van der Waals surface area contributed by atoms with Gasteiger partial charge in [-0.3, -0.25) is 0 Å². The molecule has 0 fully saturated rings. The fraction of sp³-hybridized carbons (Fsp3) is 0.0588. The van der Waals surface area contributed by atoms with Gasteiger partial charge >= 0.3 is 0 Å². The molecule has 3 rings (SSSR count). The van der Waals surface area contributed by atoms with Gasteiger partial charge in [-0.15, -0.1) is 0 Å². The molecular formula is C17H15O3S-. The van der Waals surface area contributed by atoms with Gasteiger partial charge in [-0.1, -0.05) is 72.3 Å². The van der Waals surface area contributed by atoms with Gasteiger partial charge in [0.25, 0.3) is 0 Å². The third-order valence-electron chi connectivity index (χ3n) is 2.85. The number of fused-ring (bicyclic) bond motifs is 1. The minimum atomic E-state index is -2.52. The van der Waals surface area contributed by atoms with Crippen LogP contribution in [0.5, 0.6) is 5.75 Å². The molecule has 3 aromatic carbocycles. The van der Waals surface area contributed by atoms with Gasteiger partial charge in [0, 0.05) is 5.39 Å². The van der Waals surface area contributed by atoms with Gasteiger partial charge in [0.1, 0.15) is 17.1 Å². The predicted molar refractivity (Wildman–Crippen MR) is 84.7 cm³/mol. The summed E-state index contributed by atoms with van der Waals surface area (Å²) in [6.07, 6.45) is 0. The molecule has 1 atom stereocenters. The van der Waals surface area contributed by atoms with Crippen LogP contribution in [0.4, 0.5) is 0 Å². The summed E-state index contributed by atoms with van der Waals surface area (Å²) in [5.74, 6) is 0.358. The highest BCUT2D eigenvalue weighted by Crippen LogP contribution is 2.25. The second-order valence-electron chi connectivity index (χ2n) is 4.42. The van der Waals surface area contributed by atoms with Crippen LogP contribution < -0.4 is 4.18 Å². The molecular weight excluding hydrogens is 284 g/mol. The third-order valence-corrected chi connectivity index (χ3v) is 3.16. The van der Waals surface area contributed by atoms with Gasteiger partial charge in [-0.2, -0.15) is 0 Å². The maximum absolute atomic E-state index is 10.4. The van der Waals surface area contributed by atoms with E-state index < -0.39 is 11.4 Å². The highest BCUT2D eigenvalue weighted by atomic mass is 32.2. The molecule has 3 aromatic rings. The molecule has 4 heteroatoms. The summed E-state index contributed by atoms with van der Waals surface area (Å²) in [5, 5.41) is 1.75. The minimum absolute atomic E-state index is 0.358. The van der Waals surface area contributed by atoms with E-state index in [-0.39, 0.29) is 0 Å². The molecule has 0 heterocycles. The Morgan fingerprint density at radius 2 is 1.48 bits per heavy atom. The van der Waals surface area contributed by atoms with E-state index in [1.165, 1.54) is 5.56 Å². The molecule has 0 aliphatic heterocycles. The first-order valence-electron chi connectivity index (χ1n) is 6.44. The SMILES string of the molecule is Cc1ccccc1.O=S([O-])Oc1cccc2ccccc12. The Kier molecular flexibility index (Phi) is 5.49. The molecule has 0 aromatic heterocycles. The van der Waals surface area contributed by atoms with E-state index in [1.54, 1.807) is 12.1 Å². The van der Waals surface area contributed by atoms with Crippen molar-refractivity contribution in [2.45, 2.75) is 6.92 Å². The summed E-state index contributed by atoms with van der Waals surface area (Å²) in [6.45, 7) is 2.08. The van der Waals surface area contributed by atoms with E-state index in [0.717, 1.165) is 10.8 Å². The predicted octanol–water partition coefficient (Wildman–Crippen LogP) is 4.01. The van der Waals surface area contributed by atoms with Crippen molar-refractivity contribution in [3.05, 3.63) is 78.4 Å². The van der Waals surface area contributed by atoms with E-state index in [9.17, 15) is 8.76 Å². The summed E-state index contributed by atoms with van der Waals surface area (Å²) < 4.78 is 25.4. The van der Waals surface area contributed by atoms with E-state index in [4.69, 9.17) is 0 Å². The first kappa shape index (κ1) is 15.2.